The number of amidine groups is 1. The summed E-state index contributed by atoms with van der Waals surface area (Å²) in [5.74, 6) is 0.886. The largest absolute Gasteiger partial charge is 0.378 e. The number of aliphatic imine (C=N–C) groups is 1. The number of nitrogens with one attached hydrogen (secondary N) is 1. The van der Waals surface area contributed by atoms with Gasteiger partial charge in [-0.15, -0.1) is 0 Å². The molecule has 138 valence electrons. The normalized spacial score (nSPS) is 17.4. The van der Waals surface area contributed by atoms with Gasteiger partial charge < -0.3 is 16.0 Å². The van der Waals surface area contributed by atoms with E-state index in [1.54, 1.807) is 0 Å². The summed E-state index contributed by atoms with van der Waals surface area (Å²) in [6.45, 7) is 11.0. The Morgan fingerprint density at radius 2 is 1.88 bits per heavy atom. The van der Waals surface area contributed by atoms with Gasteiger partial charge in [0.15, 0.2) is 10.3 Å². The van der Waals surface area contributed by atoms with Crippen LogP contribution >= 0.6 is 24.0 Å². The van der Waals surface area contributed by atoms with E-state index >= 15 is 0 Å². The fourth-order valence-corrected chi connectivity index (χ4v) is 3.59. The quantitative estimate of drug-likeness (QED) is 0.465. The first-order valence-electron chi connectivity index (χ1n) is 8.90. The summed E-state index contributed by atoms with van der Waals surface area (Å²) < 4.78 is 0. The molecule has 1 aliphatic rings. The Hall–Kier alpha value is -1.31. The van der Waals surface area contributed by atoms with Crippen LogP contribution in [0, 0.1) is 0 Å². The van der Waals surface area contributed by atoms with Crippen molar-refractivity contribution in [3.05, 3.63) is 24.3 Å². The van der Waals surface area contributed by atoms with Gasteiger partial charge >= 0.3 is 0 Å². The van der Waals surface area contributed by atoms with Crippen LogP contribution in [0.25, 0.3) is 0 Å². The van der Waals surface area contributed by atoms with Crippen LogP contribution in [0.2, 0.25) is 0 Å². The third-order valence-corrected chi connectivity index (χ3v) is 5.39. The molecule has 1 heterocycles. The van der Waals surface area contributed by atoms with Gasteiger partial charge in [-0.3, -0.25) is 4.90 Å². The maximum atomic E-state index is 5.78. The van der Waals surface area contributed by atoms with Crippen molar-refractivity contribution in [1.82, 2.24) is 4.90 Å². The van der Waals surface area contributed by atoms with Crippen LogP contribution in [-0.2, 0) is 0 Å². The monoisotopic (exact) mass is 379 g/mol. The summed E-state index contributed by atoms with van der Waals surface area (Å²) in [7, 11) is 0. The molecule has 1 saturated heterocycles. The average molecular weight is 380 g/mol. The van der Waals surface area contributed by atoms with Gasteiger partial charge in [0.05, 0.1) is 0 Å². The highest BCUT2D eigenvalue weighted by Gasteiger charge is 2.20. The number of thioether (sulfide) groups is 1. The Balaban J connectivity index is 1.88. The highest BCUT2D eigenvalue weighted by molar-refractivity contribution is 8.13. The molecule has 2 rings (SSSR count). The smallest absolute Gasteiger partial charge is 0.199 e. The molecule has 1 atom stereocenters. The van der Waals surface area contributed by atoms with E-state index in [0.29, 0.717) is 16.3 Å². The molecule has 1 fully saturated rings. The van der Waals surface area contributed by atoms with Gasteiger partial charge in [-0.1, -0.05) is 25.6 Å². The summed E-state index contributed by atoms with van der Waals surface area (Å²) >= 11 is 6.71. The van der Waals surface area contributed by atoms with Crippen molar-refractivity contribution in [2.24, 2.45) is 10.7 Å². The van der Waals surface area contributed by atoms with E-state index < -0.39 is 0 Å². The summed E-state index contributed by atoms with van der Waals surface area (Å²) in [6, 6.07) is 9.03. The summed E-state index contributed by atoms with van der Waals surface area (Å²) in [4.78, 5) is 9.18. The number of nitrogens with two attached hydrogens (primary N) is 1. The lowest BCUT2D eigenvalue weighted by Gasteiger charge is -2.39. The number of anilines is 2. The van der Waals surface area contributed by atoms with Crippen LogP contribution in [0.5, 0.6) is 0 Å². The molecule has 0 bridgehead atoms. The third-order valence-electron chi connectivity index (χ3n) is 4.52. The zero-order valence-corrected chi connectivity index (χ0v) is 17.0. The van der Waals surface area contributed by atoms with Crippen LogP contribution < -0.4 is 16.0 Å². The van der Waals surface area contributed by atoms with Gasteiger partial charge in [0, 0.05) is 43.6 Å². The first-order chi connectivity index (χ1) is 12.0. The lowest BCUT2D eigenvalue weighted by Crippen LogP contribution is -2.49. The van der Waals surface area contributed by atoms with Gasteiger partial charge in [0.2, 0.25) is 0 Å². The average Bonchev–Trinajstić information content (AvgIpc) is 2.62. The summed E-state index contributed by atoms with van der Waals surface area (Å²) in [5.41, 5.74) is 7.97. The van der Waals surface area contributed by atoms with Gasteiger partial charge in [0.1, 0.15) is 0 Å². The van der Waals surface area contributed by atoms with Crippen molar-refractivity contribution in [3.8, 4) is 0 Å². The molecule has 0 aliphatic carbocycles. The number of benzene rings is 1. The number of thiocarbonyl (C=S) groups is 1. The van der Waals surface area contributed by atoms with E-state index in [2.05, 4.69) is 46.1 Å². The second-order valence-corrected chi connectivity index (χ2v) is 7.81. The molecule has 7 heteroatoms. The van der Waals surface area contributed by atoms with E-state index in [9.17, 15) is 0 Å². The molecule has 1 unspecified atom stereocenters. The van der Waals surface area contributed by atoms with Gasteiger partial charge in [-0.25, -0.2) is 0 Å². The van der Waals surface area contributed by atoms with E-state index in [-0.39, 0.29) is 0 Å². The van der Waals surface area contributed by atoms with Crippen molar-refractivity contribution >= 4 is 45.6 Å². The van der Waals surface area contributed by atoms with E-state index in [0.717, 1.165) is 37.6 Å². The van der Waals surface area contributed by atoms with Gasteiger partial charge in [-0.05, 0) is 55.6 Å². The molecule has 1 aliphatic heterocycles. The molecular formula is C18H29N5S2. The number of hydrogen-bond acceptors (Lipinski definition) is 4. The maximum Gasteiger partial charge on any atom is 0.199 e. The van der Waals surface area contributed by atoms with Crippen LogP contribution in [0.1, 0.15) is 27.2 Å². The number of hydrogen-bond donors (Lipinski definition) is 2. The maximum absolute atomic E-state index is 5.78. The predicted molar refractivity (Wildman–Crippen MR) is 116 cm³/mol. The third kappa shape index (κ3) is 6.17. The molecular weight excluding hydrogens is 350 g/mol. The van der Waals surface area contributed by atoms with Crippen LogP contribution in [-0.4, -0.2) is 53.2 Å². The summed E-state index contributed by atoms with van der Waals surface area (Å²) in [6.07, 6.45) is 1.21. The first kappa shape index (κ1) is 20.0. The first-order valence-corrected chi connectivity index (χ1v) is 10.3. The van der Waals surface area contributed by atoms with Crippen molar-refractivity contribution in [3.63, 3.8) is 0 Å². The molecule has 0 amide bonds. The molecule has 1 aromatic rings. The highest BCUT2D eigenvalue weighted by atomic mass is 32.2. The SMILES string of the molecule is CCS/C(N)=N/C(=S)Nc1ccc(N2CCN(C(C)CC)CC2)cc1. The number of nitrogens with zero attached hydrogens (tertiary/aromatic N) is 3. The zero-order chi connectivity index (χ0) is 18.2. The van der Waals surface area contributed by atoms with Crippen molar-refractivity contribution < 1.29 is 0 Å². The minimum atomic E-state index is 0.397. The Morgan fingerprint density at radius 3 is 2.44 bits per heavy atom. The topological polar surface area (TPSA) is 56.9 Å². The Bertz CT molecular complexity index is 580. The zero-order valence-electron chi connectivity index (χ0n) is 15.4. The highest BCUT2D eigenvalue weighted by Crippen LogP contribution is 2.20. The molecule has 1 aromatic carbocycles. The minimum Gasteiger partial charge on any atom is -0.378 e. The lowest BCUT2D eigenvalue weighted by atomic mass is 10.1. The van der Waals surface area contributed by atoms with Crippen LogP contribution in [0.4, 0.5) is 11.4 Å². The lowest BCUT2D eigenvalue weighted by molar-refractivity contribution is 0.193. The van der Waals surface area contributed by atoms with E-state index in [1.807, 2.05) is 19.1 Å². The molecule has 0 saturated carbocycles. The fraction of sp³-hybridized carbons (Fsp3) is 0.556. The molecule has 0 aromatic heterocycles. The molecule has 0 radical (unpaired) electrons. The predicted octanol–water partition coefficient (Wildman–Crippen LogP) is 3.37. The second-order valence-electron chi connectivity index (χ2n) is 6.14. The Morgan fingerprint density at radius 1 is 1.24 bits per heavy atom. The number of piperazine rings is 1. The van der Waals surface area contributed by atoms with Gasteiger partial charge in [-0.2, -0.15) is 4.99 Å². The number of rotatable bonds is 5. The van der Waals surface area contributed by atoms with Crippen molar-refractivity contribution in [2.45, 2.75) is 33.2 Å². The fourth-order valence-electron chi connectivity index (χ4n) is 2.87. The molecule has 3 N–H and O–H groups in total. The van der Waals surface area contributed by atoms with E-state index in [1.165, 1.54) is 23.9 Å². The Labute approximate surface area is 161 Å². The van der Waals surface area contributed by atoms with Crippen molar-refractivity contribution in [2.75, 3.05) is 42.1 Å². The summed E-state index contributed by atoms with van der Waals surface area (Å²) in [5, 5.41) is 4.01. The van der Waals surface area contributed by atoms with Crippen LogP contribution in [0.3, 0.4) is 0 Å². The molecule has 25 heavy (non-hydrogen) atoms. The van der Waals surface area contributed by atoms with Crippen molar-refractivity contribution in [1.29, 1.82) is 0 Å². The van der Waals surface area contributed by atoms with Crippen LogP contribution in [0.15, 0.2) is 29.3 Å². The van der Waals surface area contributed by atoms with E-state index in [4.69, 9.17) is 18.0 Å². The standard InChI is InChI=1S/C18H29N5S2/c1-4-14(3)22-10-12-23(13-11-22)16-8-6-15(7-9-16)20-18(24)21-17(19)25-5-2/h6-9,14H,4-5,10-13H2,1-3H3,(H3,19,20,21,24). The Kier molecular flexibility index (Phi) is 7.99. The van der Waals surface area contributed by atoms with Gasteiger partial charge in [0.25, 0.3) is 0 Å². The minimum absolute atomic E-state index is 0.397. The molecule has 0 spiro atoms. The second kappa shape index (κ2) is 9.99. The molecule has 5 nitrogen and oxygen atoms in total.